The van der Waals surface area contributed by atoms with E-state index in [0.29, 0.717) is 11.4 Å². The molecule has 3 N–H and O–H groups in total. The predicted octanol–water partition coefficient (Wildman–Crippen LogP) is 1.62. The average Bonchev–Trinajstić information content (AvgIpc) is 2.88. The molecule has 0 radical (unpaired) electrons. The molecule has 0 amide bonds. The van der Waals surface area contributed by atoms with Gasteiger partial charge in [-0.3, -0.25) is 4.72 Å². The van der Waals surface area contributed by atoms with E-state index in [-0.39, 0.29) is 16.4 Å². The highest BCUT2D eigenvalue weighted by Crippen LogP contribution is 2.22. The summed E-state index contributed by atoms with van der Waals surface area (Å²) in [5.74, 6) is -0.379. The van der Waals surface area contributed by atoms with E-state index in [4.69, 9.17) is 0 Å². The fraction of sp³-hybridized carbons (Fsp3) is 0.333. The zero-order valence-electron chi connectivity index (χ0n) is 14.8. The van der Waals surface area contributed by atoms with Gasteiger partial charge in [-0.15, -0.1) is 0 Å². The van der Waals surface area contributed by atoms with Crippen molar-refractivity contribution in [1.29, 1.82) is 0 Å². The van der Waals surface area contributed by atoms with Gasteiger partial charge in [-0.2, -0.15) is 0 Å². The molecule has 7 nitrogen and oxygen atoms in total. The molecule has 2 aromatic carbocycles. The van der Waals surface area contributed by atoms with E-state index in [0.717, 1.165) is 12.0 Å². The van der Waals surface area contributed by atoms with Crippen LogP contribution in [0.3, 0.4) is 0 Å². The lowest BCUT2D eigenvalue weighted by Crippen LogP contribution is -2.31. The van der Waals surface area contributed by atoms with Crippen molar-refractivity contribution in [3.8, 4) is 0 Å². The van der Waals surface area contributed by atoms with Gasteiger partial charge in [0, 0.05) is 11.4 Å². The highest BCUT2D eigenvalue weighted by molar-refractivity contribution is 7.92. The Balaban J connectivity index is 1.68. The highest BCUT2D eigenvalue weighted by Gasteiger charge is 2.36. The van der Waals surface area contributed by atoms with Crippen LogP contribution in [0.1, 0.15) is 12.5 Å². The van der Waals surface area contributed by atoms with Crippen LogP contribution in [0.25, 0.3) is 0 Å². The zero-order chi connectivity index (χ0) is 19.7. The number of benzene rings is 2. The fourth-order valence-electron chi connectivity index (χ4n) is 2.93. The molecule has 3 rings (SSSR count). The smallest absolute Gasteiger partial charge is 0.261 e. The van der Waals surface area contributed by atoms with Gasteiger partial charge in [0.2, 0.25) is 0 Å². The summed E-state index contributed by atoms with van der Waals surface area (Å²) >= 11 is 0. The van der Waals surface area contributed by atoms with Gasteiger partial charge in [0.25, 0.3) is 10.0 Å². The van der Waals surface area contributed by atoms with Crippen LogP contribution in [0.5, 0.6) is 0 Å². The standard InChI is InChI=1S/C18H22N2O5S2/c1-2-13-3-9-16(10-4-13)27(24,25)20-15-7-5-14(6-8-15)19-17-11-26(22,23)12-18(17)21/h3-10,17-21H,2,11-12H2,1H3/t17-,18-/m0/s1. The van der Waals surface area contributed by atoms with Crippen LogP contribution in [0.15, 0.2) is 53.4 Å². The van der Waals surface area contributed by atoms with Gasteiger partial charge in [-0.05, 0) is 48.4 Å². The third-order valence-electron chi connectivity index (χ3n) is 4.45. The number of hydrogen-bond acceptors (Lipinski definition) is 6. The minimum atomic E-state index is -3.69. The Bertz CT molecular complexity index is 1000. The summed E-state index contributed by atoms with van der Waals surface area (Å²) in [6.07, 6.45) is -0.126. The summed E-state index contributed by atoms with van der Waals surface area (Å²) in [4.78, 5) is 0.182. The maximum Gasteiger partial charge on any atom is 0.261 e. The number of nitrogens with one attached hydrogen (secondary N) is 2. The summed E-state index contributed by atoms with van der Waals surface area (Å²) in [5, 5.41) is 12.8. The lowest BCUT2D eigenvalue weighted by atomic mass is 10.2. The summed E-state index contributed by atoms with van der Waals surface area (Å²) in [6, 6.07) is 12.6. The molecule has 1 saturated heterocycles. The first kappa shape index (κ1) is 19.7. The van der Waals surface area contributed by atoms with Crippen molar-refractivity contribution in [3.05, 3.63) is 54.1 Å². The molecule has 0 aromatic heterocycles. The summed E-state index contributed by atoms with van der Waals surface area (Å²) in [7, 11) is -6.92. The number of rotatable bonds is 6. The minimum Gasteiger partial charge on any atom is -0.390 e. The van der Waals surface area contributed by atoms with Crippen molar-refractivity contribution in [1.82, 2.24) is 0 Å². The highest BCUT2D eigenvalue weighted by atomic mass is 32.2. The number of aryl methyl sites for hydroxylation is 1. The Kier molecular flexibility index (Phi) is 5.45. The molecule has 2 atom stereocenters. The van der Waals surface area contributed by atoms with Crippen LogP contribution < -0.4 is 10.0 Å². The van der Waals surface area contributed by atoms with Gasteiger partial charge >= 0.3 is 0 Å². The van der Waals surface area contributed by atoms with E-state index in [1.165, 1.54) is 0 Å². The lowest BCUT2D eigenvalue weighted by molar-refractivity contribution is 0.190. The van der Waals surface area contributed by atoms with Gasteiger partial charge in [-0.1, -0.05) is 19.1 Å². The van der Waals surface area contributed by atoms with Gasteiger partial charge in [0.1, 0.15) is 0 Å². The number of hydrogen-bond donors (Lipinski definition) is 3. The first-order valence-corrected chi connectivity index (χ1v) is 11.9. The average molecular weight is 411 g/mol. The first-order chi connectivity index (χ1) is 12.7. The van der Waals surface area contributed by atoms with Gasteiger partial charge in [-0.25, -0.2) is 16.8 Å². The number of sulfonamides is 1. The van der Waals surface area contributed by atoms with E-state index in [1.807, 2.05) is 6.92 Å². The van der Waals surface area contributed by atoms with E-state index in [2.05, 4.69) is 10.0 Å². The molecule has 0 unspecified atom stereocenters. The maximum atomic E-state index is 12.5. The second-order valence-electron chi connectivity index (χ2n) is 6.58. The van der Waals surface area contributed by atoms with Gasteiger partial charge < -0.3 is 10.4 Å². The number of aliphatic hydroxyl groups is 1. The third-order valence-corrected chi connectivity index (χ3v) is 7.57. The van der Waals surface area contributed by atoms with Crippen LogP contribution in [-0.2, 0) is 26.3 Å². The quantitative estimate of drug-likeness (QED) is 0.667. The molecule has 2 aromatic rings. The number of sulfone groups is 1. The first-order valence-electron chi connectivity index (χ1n) is 8.55. The molecule has 9 heteroatoms. The largest absolute Gasteiger partial charge is 0.390 e. The molecule has 146 valence electrons. The predicted molar refractivity (Wildman–Crippen MR) is 105 cm³/mol. The van der Waals surface area contributed by atoms with Crippen molar-refractivity contribution in [2.45, 2.75) is 30.4 Å². The number of aliphatic hydroxyl groups excluding tert-OH is 1. The lowest BCUT2D eigenvalue weighted by Gasteiger charge is -2.16. The van der Waals surface area contributed by atoms with Crippen molar-refractivity contribution in [3.63, 3.8) is 0 Å². The van der Waals surface area contributed by atoms with E-state index in [1.54, 1.807) is 48.5 Å². The van der Waals surface area contributed by atoms with Crippen molar-refractivity contribution < 1.29 is 21.9 Å². The molecule has 27 heavy (non-hydrogen) atoms. The van der Waals surface area contributed by atoms with Crippen molar-refractivity contribution in [2.24, 2.45) is 0 Å². The van der Waals surface area contributed by atoms with Gasteiger partial charge in [0.05, 0.1) is 28.5 Å². The second kappa shape index (κ2) is 7.49. The molecule has 1 fully saturated rings. The van der Waals surface area contributed by atoms with E-state index in [9.17, 15) is 21.9 Å². The Morgan fingerprint density at radius 2 is 1.59 bits per heavy atom. The zero-order valence-corrected chi connectivity index (χ0v) is 16.4. The van der Waals surface area contributed by atoms with Gasteiger partial charge in [0.15, 0.2) is 9.84 Å². The SMILES string of the molecule is CCc1ccc(S(=O)(=O)Nc2ccc(N[C@H]3CS(=O)(=O)C[C@@H]3O)cc2)cc1. The molecule has 1 aliphatic heterocycles. The normalized spacial score (nSPS) is 21.7. The Labute approximate surface area is 159 Å². The van der Waals surface area contributed by atoms with E-state index >= 15 is 0 Å². The number of anilines is 2. The maximum absolute atomic E-state index is 12.5. The molecule has 1 aliphatic rings. The molecule has 0 aliphatic carbocycles. The molecular formula is C18H22N2O5S2. The summed E-state index contributed by atoms with van der Waals surface area (Å²) in [5.41, 5.74) is 2.05. The van der Waals surface area contributed by atoms with Crippen molar-refractivity contribution in [2.75, 3.05) is 21.5 Å². The van der Waals surface area contributed by atoms with Crippen molar-refractivity contribution >= 4 is 31.2 Å². The topological polar surface area (TPSA) is 113 Å². The summed E-state index contributed by atoms with van der Waals surface area (Å²) in [6.45, 7) is 2.00. The Hall–Kier alpha value is -2.10. The molecule has 0 spiro atoms. The fourth-order valence-corrected chi connectivity index (χ4v) is 5.73. The van der Waals surface area contributed by atoms with Crippen LogP contribution >= 0.6 is 0 Å². The summed E-state index contributed by atoms with van der Waals surface area (Å²) < 4.78 is 50.5. The van der Waals surface area contributed by atoms with Crippen LogP contribution in [0.4, 0.5) is 11.4 Å². The Morgan fingerprint density at radius 1 is 1.00 bits per heavy atom. The molecular weight excluding hydrogens is 388 g/mol. The molecule has 1 heterocycles. The van der Waals surface area contributed by atoms with Crippen LogP contribution in [0, 0.1) is 0 Å². The molecule has 0 saturated carbocycles. The minimum absolute atomic E-state index is 0.129. The third kappa shape index (κ3) is 4.79. The van der Waals surface area contributed by atoms with Crippen LogP contribution in [0.2, 0.25) is 0 Å². The van der Waals surface area contributed by atoms with Crippen LogP contribution in [-0.4, -0.2) is 45.6 Å². The second-order valence-corrected chi connectivity index (χ2v) is 10.4. The van der Waals surface area contributed by atoms with E-state index < -0.39 is 32.0 Å². The Morgan fingerprint density at radius 3 is 2.11 bits per heavy atom. The monoisotopic (exact) mass is 410 g/mol. The molecule has 0 bridgehead atoms.